The van der Waals surface area contributed by atoms with Gasteiger partial charge in [-0.3, -0.25) is 4.79 Å². The highest BCUT2D eigenvalue weighted by atomic mass is 16.6. The molecule has 5 nitrogen and oxygen atoms in total. The number of esters is 1. The fourth-order valence-electron chi connectivity index (χ4n) is 3.01. The molecule has 0 unspecified atom stereocenters. The van der Waals surface area contributed by atoms with Crippen LogP contribution in [0, 0.1) is 0 Å². The van der Waals surface area contributed by atoms with Gasteiger partial charge in [-0.1, -0.05) is 50.8 Å². The van der Waals surface area contributed by atoms with E-state index in [-0.39, 0.29) is 11.9 Å². The summed E-state index contributed by atoms with van der Waals surface area (Å²) in [4.78, 5) is 24.6. The van der Waals surface area contributed by atoms with Crippen molar-refractivity contribution in [3.63, 3.8) is 0 Å². The van der Waals surface area contributed by atoms with Crippen LogP contribution >= 0.6 is 0 Å². The van der Waals surface area contributed by atoms with Gasteiger partial charge >= 0.3 is 5.97 Å². The van der Waals surface area contributed by atoms with Gasteiger partial charge in [0.15, 0.2) is 12.2 Å². The minimum atomic E-state index is -0.816. The van der Waals surface area contributed by atoms with E-state index in [0.717, 1.165) is 25.7 Å². The summed E-state index contributed by atoms with van der Waals surface area (Å²) in [6.45, 7) is 3.46. The lowest BCUT2D eigenvalue weighted by Crippen LogP contribution is -2.43. The van der Waals surface area contributed by atoms with Crippen molar-refractivity contribution in [3.8, 4) is 5.75 Å². The Bertz CT molecular complexity index is 538. The summed E-state index contributed by atoms with van der Waals surface area (Å²) in [5.41, 5.74) is 0. The summed E-state index contributed by atoms with van der Waals surface area (Å²) < 4.78 is 11.0. The third kappa shape index (κ3) is 6.40. The first-order chi connectivity index (χ1) is 12.1. The van der Waals surface area contributed by atoms with Crippen molar-refractivity contribution < 1.29 is 19.1 Å². The Labute approximate surface area is 150 Å². The minimum Gasteiger partial charge on any atom is -0.479 e. The lowest BCUT2D eigenvalue weighted by molar-refractivity contribution is -0.161. The zero-order valence-corrected chi connectivity index (χ0v) is 15.2. The monoisotopic (exact) mass is 347 g/mol. The van der Waals surface area contributed by atoms with Crippen molar-refractivity contribution >= 4 is 11.9 Å². The standard InChI is InChI=1S/C20H29NO4/c1-3-18(25-17-13-9-6-10-14-17)20(23)24-15(2)19(22)21-16-11-7-4-5-8-12-16/h6,9-10,13-16,18H,3-5,7-8,11-12H2,1-2H3,(H,21,22)/t15-,18-/m0/s1. The molecule has 1 aromatic carbocycles. The number of ether oxygens (including phenoxy) is 2. The van der Waals surface area contributed by atoms with Crippen molar-refractivity contribution in [2.75, 3.05) is 0 Å². The molecule has 1 aromatic rings. The molecule has 1 aliphatic carbocycles. The zero-order chi connectivity index (χ0) is 18.1. The zero-order valence-electron chi connectivity index (χ0n) is 15.2. The molecule has 138 valence electrons. The van der Waals surface area contributed by atoms with Crippen LogP contribution in [0.1, 0.15) is 58.8 Å². The van der Waals surface area contributed by atoms with E-state index in [1.165, 1.54) is 12.8 Å². The average molecular weight is 347 g/mol. The van der Waals surface area contributed by atoms with Crippen LogP contribution in [0.5, 0.6) is 5.75 Å². The Morgan fingerprint density at radius 1 is 1.12 bits per heavy atom. The normalized spacial score (nSPS) is 17.8. The van der Waals surface area contributed by atoms with Crippen molar-refractivity contribution in [1.82, 2.24) is 5.32 Å². The van der Waals surface area contributed by atoms with Crippen LogP contribution in [0.3, 0.4) is 0 Å². The molecule has 2 atom stereocenters. The molecule has 0 radical (unpaired) electrons. The van der Waals surface area contributed by atoms with Crippen LogP contribution in [0.25, 0.3) is 0 Å². The Morgan fingerprint density at radius 3 is 2.36 bits per heavy atom. The van der Waals surface area contributed by atoms with Crippen LogP contribution in [-0.4, -0.2) is 30.1 Å². The van der Waals surface area contributed by atoms with E-state index < -0.39 is 18.2 Å². The predicted octanol–water partition coefficient (Wildman–Crippen LogP) is 3.61. The maximum Gasteiger partial charge on any atom is 0.348 e. The maximum atomic E-state index is 12.3. The number of nitrogens with one attached hydrogen (secondary N) is 1. The Balaban J connectivity index is 1.83. The fraction of sp³-hybridized carbons (Fsp3) is 0.600. The lowest BCUT2D eigenvalue weighted by atomic mass is 10.1. The van der Waals surface area contributed by atoms with Gasteiger partial charge in [-0.15, -0.1) is 0 Å². The molecule has 1 N–H and O–H groups in total. The van der Waals surface area contributed by atoms with E-state index in [0.29, 0.717) is 12.2 Å². The van der Waals surface area contributed by atoms with E-state index >= 15 is 0 Å². The van der Waals surface area contributed by atoms with Crippen LogP contribution in [0.4, 0.5) is 0 Å². The molecule has 0 aromatic heterocycles. The van der Waals surface area contributed by atoms with Gasteiger partial charge in [0.05, 0.1) is 0 Å². The third-order valence-corrected chi connectivity index (χ3v) is 4.52. The van der Waals surface area contributed by atoms with E-state index in [1.54, 1.807) is 19.1 Å². The third-order valence-electron chi connectivity index (χ3n) is 4.52. The lowest BCUT2D eigenvalue weighted by Gasteiger charge is -2.22. The molecule has 0 aliphatic heterocycles. The molecule has 0 spiro atoms. The van der Waals surface area contributed by atoms with Gasteiger partial charge in [0.25, 0.3) is 5.91 Å². The Hall–Kier alpha value is -2.04. The number of hydrogen-bond donors (Lipinski definition) is 1. The molecule has 0 saturated heterocycles. The number of benzene rings is 1. The van der Waals surface area contributed by atoms with Crippen molar-refractivity contribution in [2.45, 2.75) is 77.0 Å². The molecule has 0 heterocycles. The van der Waals surface area contributed by atoms with Crippen LogP contribution in [0.15, 0.2) is 30.3 Å². The van der Waals surface area contributed by atoms with E-state index in [9.17, 15) is 9.59 Å². The molecular formula is C20H29NO4. The molecule has 25 heavy (non-hydrogen) atoms. The number of carbonyl (C=O) groups excluding carboxylic acids is 2. The second-order valence-corrected chi connectivity index (χ2v) is 6.60. The smallest absolute Gasteiger partial charge is 0.348 e. The molecule has 1 aliphatic rings. The number of amides is 1. The Morgan fingerprint density at radius 2 is 1.76 bits per heavy atom. The van der Waals surface area contributed by atoms with E-state index in [2.05, 4.69) is 5.32 Å². The number of carbonyl (C=O) groups is 2. The van der Waals surface area contributed by atoms with Crippen molar-refractivity contribution in [3.05, 3.63) is 30.3 Å². The van der Waals surface area contributed by atoms with Gasteiger partial charge < -0.3 is 14.8 Å². The second-order valence-electron chi connectivity index (χ2n) is 6.60. The number of para-hydroxylation sites is 1. The van der Waals surface area contributed by atoms with Gasteiger partial charge in [-0.05, 0) is 38.3 Å². The average Bonchev–Trinajstić information content (AvgIpc) is 2.89. The predicted molar refractivity (Wildman–Crippen MR) is 96.3 cm³/mol. The highest BCUT2D eigenvalue weighted by Crippen LogP contribution is 2.18. The van der Waals surface area contributed by atoms with Crippen LogP contribution in [0.2, 0.25) is 0 Å². The van der Waals surface area contributed by atoms with Crippen molar-refractivity contribution in [1.29, 1.82) is 0 Å². The van der Waals surface area contributed by atoms with Gasteiger partial charge in [0.1, 0.15) is 5.75 Å². The summed E-state index contributed by atoms with van der Waals surface area (Å²) in [5, 5.41) is 3.01. The molecular weight excluding hydrogens is 318 g/mol. The van der Waals surface area contributed by atoms with Gasteiger partial charge in [-0.2, -0.15) is 0 Å². The van der Waals surface area contributed by atoms with Gasteiger partial charge in [0, 0.05) is 6.04 Å². The number of hydrogen-bond acceptors (Lipinski definition) is 4. The topological polar surface area (TPSA) is 64.6 Å². The molecule has 1 saturated carbocycles. The highest BCUT2D eigenvalue weighted by molar-refractivity contribution is 5.84. The summed E-state index contributed by atoms with van der Waals surface area (Å²) >= 11 is 0. The van der Waals surface area contributed by atoms with Gasteiger partial charge in [0.2, 0.25) is 0 Å². The second kappa shape index (κ2) is 10.1. The molecule has 1 fully saturated rings. The molecule has 2 rings (SSSR count). The first-order valence-corrected chi connectivity index (χ1v) is 9.32. The first kappa shape index (κ1) is 19.3. The molecule has 1 amide bonds. The Kier molecular flexibility index (Phi) is 7.76. The summed E-state index contributed by atoms with van der Waals surface area (Å²) in [6, 6.07) is 9.34. The maximum absolute atomic E-state index is 12.3. The SMILES string of the molecule is CC[C@H](Oc1ccccc1)C(=O)O[C@@H](C)C(=O)NC1CCCCCC1. The summed E-state index contributed by atoms with van der Waals surface area (Å²) in [6.07, 6.45) is 5.69. The van der Waals surface area contributed by atoms with Crippen molar-refractivity contribution in [2.24, 2.45) is 0 Å². The largest absolute Gasteiger partial charge is 0.479 e. The van der Waals surface area contributed by atoms with Crippen LogP contribution < -0.4 is 10.1 Å². The van der Waals surface area contributed by atoms with E-state index in [4.69, 9.17) is 9.47 Å². The number of rotatable bonds is 7. The van der Waals surface area contributed by atoms with E-state index in [1.807, 2.05) is 25.1 Å². The molecule has 0 bridgehead atoms. The fourth-order valence-corrected chi connectivity index (χ4v) is 3.01. The minimum absolute atomic E-state index is 0.193. The summed E-state index contributed by atoms with van der Waals surface area (Å²) in [7, 11) is 0. The van der Waals surface area contributed by atoms with Gasteiger partial charge in [-0.25, -0.2) is 4.79 Å². The quantitative estimate of drug-likeness (QED) is 0.604. The summed E-state index contributed by atoms with van der Waals surface area (Å²) in [5.74, 6) is -0.119. The highest BCUT2D eigenvalue weighted by Gasteiger charge is 2.26. The van der Waals surface area contributed by atoms with Crippen LogP contribution in [-0.2, 0) is 14.3 Å². The first-order valence-electron chi connectivity index (χ1n) is 9.32. The molecule has 5 heteroatoms.